The van der Waals surface area contributed by atoms with Crippen molar-refractivity contribution in [3.8, 4) is 0 Å². The number of nitrogens with zero attached hydrogens (tertiary/aromatic N) is 2. The topological polar surface area (TPSA) is 82.5 Å². The predicted octanol–water partition coefficient (Wildman–Crippen LogP) is 0.515. The quantitative estimate of drug-likeness (QED) is 0.789. The normalized spacial score (nSPS) is 13.6. The van der Waals surface area contributed by atoms with Crippen molar-refractivity contribution >= 4 is 15.7 Å². The largest absolute Gasteiger partial charge is 0.392 e. The molecule has 1 atom stereocenters. The van der Waals surface area contributed by atoms with Gasteiger partial charge >= 0.3 is 0 Å². The van der Waals surface area contributed by atoms with Crippen LogP contribution in [0.2, 0.25) is 0 Å². The van der Waals surface area contributed by atoms with Crippen molar-refractivity contribution in [2.45, 2.75) is 24.8 Å². The van der Waals surface area contributed by atoms with Gasteiger partial charge in [0.25, 0.3) is 0 Å². The molecule has 0 aliphatic heterocycles. The molecule has 2 N–H and O–H groups in total. The summed E-state index contributed by atoms with van der Waals surface area (Å²) in [6, 6.07) is 1.62. The predicted molar refractivity (Wildman–Crippen MR) is 69.9 cm³/mol. The number of aromatic nitrogens is 1. The number of aliphatic hydroxyl groups is 1. The molecule has 6 nitrogen and oxygen atoms in total. The standard InChI is InChI=1S/C11H19N3O3S/c1-4-13-10-5-6-12-7-11(10)18(16,17)14(3)8-9(2)15/h5-7,9,15H,4,8H2,1-3H3,(H,12,13). The first kappa shape index (κ1) is 14.9. The summed E-state index contributed by atoms with van der Waals surface area (Å²) in [5, 5.41) is 12.3. The van der Waals surface area contributed by atoms with E-state index in [2.05, 4.69) is 10.3 Å². The van der Waals surface area contributed by atoms with Gasteiger partial charge in [-0.05, 0) is 19.9 Å². The molecule has 1 aromatic rings. The van der Waals surface area contributed by atoms with Crippen LogP contribution in [0.25, 0.3) is 0 Å². The average molecular weight is 273 g/mol. The van der Waals surface area contributed by atoms with Crippen molar-refractivity contribution in [3.63, 3.8) is 0 Å². The summed E-state index contributed by atoms with van der Waals surface area (Å²) in [6.45, 7) is 4.09. The smallest absolute Gasteiger partial charge is 0.246 e. The number of sulfonamides is 1. The van der Waals surface area contributed by atoms with Crippen molar-refractivity contribution < 1.29 is 13.5 Å². The number of hydrogen-bond acceptors (Lipinski definition) is 5. The van der Waals surface area contributed by atoms with Gasteiger partial charge in [-0.2, -0.15) is 4.31 Å². The van der Waals surface area contributed by atoms with E-state index in [1.54, 1.807) is 13.0 Å². The number of anilines is 1. The second kappa shape index (κ2) is 6.12. The number of pyridine rings is 1. The Hall–Kier alpha value is -1.18. The molecule has 7 heteroatoms. The fraction of sp³-hybridized carbons (Fsp3) is 0.545. The molecule has 0 radical (unpaired) electrons. The van der Waals surface area contributed by atoms with Crippen LogP contribution in [0.5, 0.6) is 0 Å². The molecule has 0 aromatic carbocycles. The Morgan fingerprint density at radius 3 is 2.78 bits per heavy atom. The first-order valence-electron chi connectivity index (χ1n) is 5.72. The summed E-state index contributed by atoms with van der Waals surface area (Å²) >= 11 is 0. The van der Waals surface area contributed by atoms with Gasteiger partial charge in [0, 0.05) is 32.5 Å². The molecule has 1 heterocycles. The summed E-state index contributed by atoms with van der Waals surface area (Å²) in [5.41, 5.74) is 0.518. The minimum Gasteiger partial charge on any atom is -0.392 e. The summed E-state index contributed by atoms with van der Waals surface area (Å²) in [6.07, 6.45) is 2.13. The maximum atomic E-state index is 12.3. The van der Waals surface area contributed by atoms with Crippen LogP contribution in [0.4, 0.5) is 5.69 Å². The molecule has 0 saturated carbocycles. The van der Waals surface area contributed by atoms with E-state index < -0.39 is 16.1 Å². The zero-order valence-corrected chi connectivity index (χ0v) is 11.6. The van der Waals surface area contributed by atoms with Crippen LogP contribution in [-0.4, -0.2) is 49.1 Å². The third-order valence-corrected chi connectivity index (χ3v) is 4.21. The minimum atomic E-state index is -3.64. The van der Waals surface area contributed by atoms with Crippen LogP contribution in [0.3, 0.4) is 0 Å². The van der Waals surface area contributed by atoms with Crippen LogP contribution in [0.15, 0.2) is 23.4 Å². The van der Waals surface area contributed by atoms with Crippen molar-refractivity contribution in [3.05, 3.63) is 18.5 Å². The van der Waals surface area contributed by atoms with Crippen molar-refractivity contribution in [2.75, 3.05) is 25.5 Å². The monoisotopic (exact) mass is 273 g/mol. The molecule has 0 aliphatic carbocycles. The third-order valence-electron chi connectivity index (χ3n) is 2.36. The number of rotatable bonds is 6. The van der Waals surface area contributed by atoms with Gasteiger partial charge in [0.15, 0.2) is 0 Å². The van der Waals surface area contributed by atoms with Crippen molar-refractivity contribution in [1.82, 2.24) is 9.29 Å². The molecule has 0 saturated heterocycles. The zero-order chi connectivity index (χ0) is 13.8. The molecule has 1 unspecified atom stereocenters. The Bertz CT molecular complexity index is 488. The highest BCUT2D eigenvalue weighted by Gasteiger charge is 2.24. The van der Waals surface area contributed by atoms with Gasteiger partial charge in [0.05, 0.1) is 11.8 Å². The number of likely N-dealkylation sites (N-methyl/N-ethyl adjacent to an activating group) is 1. The molecular weight excluding hydrogens is 254 g/mol. The molecule has 1 rings (SSSR count). The van der Waals surface area contributed by atoms with Gasteiger partial charge in [-0.1, -0.05) is 0 Å². The van der Waals surface area contributed by atoms with E-state index in [0.29, 0.717) is 12.2 Å². The molecule has 0 spiro atoms. The van der Waals surface area contributed by atoms with Gasteiger partial charge in [-0.15, -0.1) is 0 Å². The zero-order valence-electron chi connectivity index (χ0n) is 10.8. The van der Waals surface area contributed by atoms with Gasteiger partial charge in [0.2, 0.25) is 10.0 Å². The van der Waals surface area contributed by atoms with E-state index in [-0.39, 0.29) is 11.4 Å². The Kier molecular flexibility index (Phi) is 5.06. The molecular formula is C11H19N3O3S. The Labute approximate surface area is 108 Å². The maximum absolute atomic E-state index is 12.3. The lowest BCUT2D eigenvalue weighted by Gasteiger charge is -2.20. The number of hydrogen-bond donors (Lipinski definition) is 2. The van der Waals surface area contributed by atoms with Crippen LogP contribution < -0.4 is 5.32 Å². The summed E-state index contributed by atoms with van der Waals surface area (Å²) in [7, 11) is -2.20. The van der Waals surface area contributed by atoms with Gasteiger partial charge in [-0.25, -0.2) is 8.42 Å². The van der Waals surface area contributed by atoms with Crippen LogP contribution >= 0.6 is 0 Å². The minimum absolute atomic E-state index is 0.0444. The second-order valence-electron chi connectivity index (χ2n) is 4.04. The Morgan fingerprint density at radius 2 is 2.22 bits per heavy atom. The summed E-state index contributed by atoms with van der Waals surface area (Å²) < 4.78 is 25.7. The molecule has 0 bridgehead atoms. The van der Waals surface area contributed by atoms with E-state index in [1.165, 1.54) is 19.4 Å². The van der Waals surface area contributed by atoms with Crippen LogP contribution in [0, 0.1) is 0 Å². The fourth-order valence-electron chi connectivity index (χ4n) is 1.56. The first-order chi connectivity index (χ1) is 8.39. The highest BCUT2D eigenvalue weighted by atomic mass is 32.2. The fourth-order valence-corrected chi connectivity index (χ4v) is 2.92. The van der Waals surface area contributed by atoms with Crippen molar-refractivity contribution in [1.29, 1.82) is 0 Å². The first-order valence-corrected chi connectivity index (χ1v) is 7.16. The van der Waals surface area contributed by atoms with Crippen LogP contribution in [0.1, 0.15) is 13.8 Å². The lowest BCUT2D eigenvalue weighted by atomic mass is 10.4. The molecule has 18 heavy (non-hydrogen) atoms. The molecule has 0 fully saturated rings. The Balaban J connectivity index is 3.11. The number of aliphatic hydroxyl groups excluding tert-OH is 1. The maximum Gasteiger partial charge on any atom is 0.246 e. The van der Waals surface area contributed by atoms with Gasteiger partial charge in [0.1, 0.15) is 4.90 Å². The molecule has 0 amide bonds. The molecule has 102 valence electrons. The highest BCUT2D eigenvalue weighted by Crippen LogP contribution is 2.22. The van der Waals surface area contributed by atoms with Crippen molar-refractivity contribution in [2.24, 2.45) is 0 Å². The number of nitrogens with one attached hydrogen (secondary N) is 1. The average Bonchev–Trinajstić information content (AvgIpc) is 2.29. The van der Waals surface area contributed by atoms with E-state index in [4.69, 9.17) is 0 Å². The lowest BCUT2D eigenvalue weighted by molar-refractivity contribution is 0.171. The summed E-state index contributed by atoms with van der Waals surface area (Å²) in [5.74, 6) is 0. The Morgan fingerprint density at radius 1 is 1.56 bits per heavy atom. The highest BCUT2D eigenvalue weighted by molar-refractivity contribution is 7.89. The summed E-state index contributed by atoms with van der Waals surface area (Å²) in [4.78, 5) is 3.97. The SMILES string of the molecule is CCNc1ccncc1S(=O)(=O)N(C)CC(C)O. The molecule has 1 aromatic heterocycles. The van der Waals surface area contributed by atoms with Gasteiger partial charge in [-0.3, -0.25) is 4.98 Å². The van der Waals surface area contributed by atoms with Crippen LogP contribution in [-0.2, 0) is 10.0 Å². The third kappa shape index (κ3) is 3.41. The van der Waals surface area contributed by atoms with Gasteiger partial charge < -0.3 is 10.4 Å². The van der Waals surface area contributed by atoms with E-state index in [0.717, 1.165) is 4.31 Å². The molecule has 0 aliphatic rings. The van der Waals surface area contributed by atoms with E-state index in [9.17, 15) is 13.5 Å². The van der Waals surface area contributed by atoms with E-state index in [1.807, 2.05) is 6.92 Å². The second-order valence-corrected chi connectivity index (χ2v) is 6.05. The lowest BCUT2D eigenvalue weighted by Crippen LogP contribution is -2.33. The van der Waals surface area contributed by atoms with E-state index >= 15 is 0 Å².